The van der Waals surface area contributed by atoms with E-state index < -0.39 is 23.8 Å². The predicted octanol–water partition coefficient (Wildman–Crippen LogP) is 3.88. The van der Waals surface area contributed by atoms with Gasteiger partial charge in [0.2, 0.25) is 0 Å². The molecule has 1 atom stereocenters. The van der Waals surface area contributed by atoms with Gasteiger partial charge in [0.25, 0.3) is 0 Å². The number of anilines is 1. The minimum Gasteiger partial charge on any atom is -0.480 e. The summed E-state index contributed by atoms with van der Waals surface area (Å²) in [6.45, 7) is 3.21. The summed E-state index contributed by atoms with van der Waals surface area (Å²) < 4.78 is 38.5. The van der Waals surface area contributed by atoms with Crippen LogP contribution in [-0.4, -0.2) is 17.1 Å². The highest BCUT2D eigenvalue weighted by Crippen LogP contribution is 2.37. The zero-order valence-electron chi connectivity index (χ0n) is 10.3. The van der Waals surface area contributed by atoms with Crippen LogP contribution in [0.2, 0.25) is 5.02 Å². The van der Waals surface area contributed by atoms with Gasteiger partial charge in [0.05, 0.1) is 5.56 Å². The van der Waals surface area contributed by atoms with Gasteiger partial charge < -0.3 is 10.4 Å². The Hall–Kier alpha value is -1.43. The van der Waals surface area contributed by atoms with Crippen molar-refractivity contribution in [2.24, 2.45) is 5.92 Å². The van der Waals surface area contributed by atoms with E-state index in [0.717, 1.165) is 12.1 Å². The first kappa shape index (κ1) is 15.6. The predicted molar refractivity (Wildman–Crippen MR) is 66.3 cm³/mol. The van der Waals surface area contributed by atoms with Gasteiger partial charge in [-0.25, -0.2) is 4.79 Å². The molecule has 1 aromatic carbocycles. The normalized spacial score (nSPS) is 13.4. The molecule has 106 valence electrons. The van der Waals surface area contributed by atoms with Gasteiger partial charge >= 0.3 is 12.1 Å². The minimum atomic E-state index is -4.60. The SMILES string of the molecule is CC(C)C(Nc1ccc(Cl)cc1C(F)(F)F)C(=O)O. The lowest BCUT2D eigenvalue weighted by molar-refractivity contribution is -0.140. The van der Waals surface area contributed by atoms with Crippen molar-refractivity contribution in [3.63, 3.8) is 0 Å². The molecule has 1 aromatic rings. The number of nitrogens with one attached hydrogen (secondary N) is 1. The third kappa shape index (κ3) is 4.02. The molecule has 0 fully saturated rings. The third-order valence-corrected chi connectivity index (χ3v) is 2.77. The molecule has 1 rings (SSSR count). The molecule has 0 radical (unpaired) electrons. The largest absolute Gasteiger partial charge is 0.480 e. The first-order valence-electron chi connectivity index (χ1n) is 5.49. The standard InChI is InChI=1S/C12H13ClF3NO2/c1-6(2)10(11(18)19)17-9-4-3-7(13)5-8(9)12(14,15)16/h3-6,10,17H,1-2H3,(H,18,19). The number of carboxylic acids is 1. The van der Waals surface area contributed by atoms with Crippen LogP contribution >= 0.6 is 11.6 Å². The molecule has 0 spiro atoms. The molecule has 19 heavy (non-hydrogen) atoms. The van der Waals surface area contributed by atoms with Crippen LogP contribution in [0.5, 0.6) is 0 Å². The maximum atomic E-state index is 12.8. The fourth-order valence-corrected chi connectivity index (χ4v) is 1.73. The van der Waals surface area contributed by atoms with E-state index in [1.807, 2.05) is 0 Å². The van der Waals surface area contributed by atoms with Gasteiger partial charge in [-0.3, -0.25) is 0 Å². The quantitative estimate of drug-likeness (QED) is 0.886. The summed E-state index contributed by atoms with van der Waals surface area (Å²) in [5.74, 6) is -1.58. The second kappa shape index (κ2) is 5.69. The van der Waals surface area contributed by atoms with Crippen molar-refractivity contribution >= 4 is 23.3 Å². The third-order valence-electron chi connectivity index (χ3n) is 2.53. The van der Waals surface area contributed by atoms with Crippen LogP contribution in [0.4, 0.5) is 18.9 Å². The lowest BCUT2D eigenvalue weighted by Gasteiger charge is -2.22. The highest BCUT2D eigenvalue weighted by atomic mass is 35.5. The lowest BCUT2D eigenvalue weighted by Crippen LogP contribution is -2.35. The molecular weight excluding hydrogens is 283 g/mol. The highest BCUT2D eigenvalue weighted by molar-refractivity contribution is 6.30. The molecule has 0 aliphatic rings. The van der Waals surface area contributed by atoms with E-state index >= 15 is 0 Å². The summed E-state index contributed by atoms with van der Waals surface area (Å²) in [5, 5.41) is 11.3. The van der Waals surface area contributed by atoms with Crippen LogP contribution < -0.4 is 5.32 Å². The second-order valence-corrected chi connectivity index (χ2v) is 4.83. The van der Waals surface area contributed by atoms with Crippen LogP contribution in [0.1, 0.15) is 19.4 Å². The van der Waals surface area contributed by atoms with Crippen molar-refractivity contribution in [3.8, 4) is 0 Å². The maximum Gasteiger partial charge on any atom is 0.418 e. The minimum absolute atomic E-state index is 0.0608. The van der Waals surface area contributed by atoms with E-state index in [0.29, 0.717) is 0 Å². The van der Waals surface area contributed by atoms with Gasteiger partial charge in [-0.05, 0) is 24.1 Å². The molecule has 0 saturated carbocycles. The van der Waals surface area contributed by atoms with Crippen molar-refractivity contribution in [3.05, 3.63) is 28.8 Å². The Morgan fingerprint density at radius 2 is 1.95 bits per heavy atom. The first-order valence-corrected chi connectivity index (χ1v) is 5.87. The van der Waals surface area contributed by atoms with Gasteiger partial charge in [0, 0.05) is 10.7 Å². The first-order chi connectivity index (χ1) is 8.62. The Morgan fingerprint density at radius 3 is 2.37 bits per heavy atom. The number of carboxylic acid groups (broad SMARTS) is 1. The number of halogens is 4. The maximum absolute atomic E-state index is 12.8. The van der Waals surface area contributed by atoms with E-state index in [2.05, 4.69) is 5.32 Å². The van der Waals surface area contributed by atoms with Crippen LogP contribution in [-0.2, 0) is 11.0 Å². The molecule has 0 aliphatic carbocycles. The highest BCUT2D eigenvalue weighted by Gasteiger charge is 2.35. The number of hydrogen-bond donors (Lipinski definition) is 2. The zero-order valence-corrected chi connectivity index (χ0v) is 11.0. The Morgan fingerprint density at radius 1 is 1.37 bits per heavy atom. The fourth-order valence-electron chi connectivity index (χ4n) is 1.56. The molecule has 0 saturated heterocycles. The van der Waals surface area contributed by atoms with E-state index in [9.17, 15) is 18.0 Å². The molecule has 0 amide bonds. The van der Waals surface area contributed by atoms with E-state index in [4.69, 9.17) is 16.7 Å². The molecule has 2 N–H and O–H groups in total. The average molecular weight is 296 g/mol. The molecule has 1 unspecified atom stereocenters. The topological polar surface area (TPSA) is 49.3 Å². The Balaban J connectivity index is 3.17. The van der Waals surface area contributed by atoms with Crippen molar-refractivity contribution in [1.82, 2.24) is 0 Å². The number of carbonyl (C=O) groups is 1. The molecule has 0 heterocycles. The summed E-state index contributed by atoms with van der Waals surface area (Å²) >= 11 is 5.54. The zero-order chi connectivity index (χ0) is 14.8. The van der Waals surface area contributed by atoms with Crippen LogP contribution in [0, 0.1) is 5.92 Å². The van der Waals surface area contributed by atoms with Gasteiger partial charge in [-0.2, -0.15) is 13.2 Å². The van der Waals surface area contributed by atoms with Crippen molar-refractivity contribution in [2.45, 2.75) is 26.1 Å². The Bertz CT molecular complexity index is 475. The smallest absolute Gasteiger partial charge is 0.418 e. The summed E-state index contributed by atoms with van der Waals surface area (Å²) in [5.41, 5.74) is -1.27. The van der Waals surface area contributed by atoms with Crippen molar-refractivity contribution in [1.29, 1.82) is 0 Å². The number of hydrogen-bond acceptors (Lipinski definition) is 2. The molecule has 0 bridgehead atoms. The van der Waals surface area contributed by atoms with Gasteiger partial charge in [0.15, 0.2) is 0 Å². The second-order valence-electron chi connectivity index (χ2n) is 4.39. The molecule has 7 heteroatoms. The van der Waals surface area contributed by atoms with Crippen LogP contribution in [0.15, 0.2) is 18.2 Å². The van der Waals surface area contributed by atoms with E-state index in [1.165, 1.54) is 6.07 Å². The summed E-state index contributed by atoms with van der Waals surface area (Å²) in [4.78, 5) is 11.0. The van der Waals surface area contributed by atoms with Gasteiger partial charge in [-0.1, -0.05) is 25.4 Å². The Labute approximate surface area is 113 Å². The summed E-state index contributed by atoms with van der Waals surface area (Å²) in [7, 11) is 0. The number of aliphatic carboxylic acids is 1. The number of alkyl halides is 3. The van der Waals surface area contributed by atoms with E-state index in [1.54, 1.807) is 13.8 Å². The van der Waals surface area contributed by atoms with Gasteiger partial charge in [-0.15, -0.1) is 0 Å². The fraction of sp³-hybridized carbons (Fsp3) is 0.417. The summed E-state index contributed by atoms with van der Waals surface area (Å²) in [6, 6.07) is 2.06. The number of benzene rings is 1. The molecular formula is C12H13ClF3NO2. The van der Waals surface area contributed by atoms with Crippen molar-refractivity contribution < 1.29 is 23.1 Å². The van der Waals surface area contributed by atoms with Crippen LogP contribution in [0.25, 0.3) is 0 Å². The number of rotatable bonds is 4. The monoisotopic (exact) mass is 295 g/mol. The molecule has 0 aromatic heterocycles. The summed E-state index contributed by atoms with van der Waals surface area (Å²) in [6.07, 6.45) is -4.60. The lowest BCUT2D eigenvalue weighted by atomic mass is 10.0. The molecule has 3 nitrogen and oxygen atoms in total. The van der Waals surface area contributed by atoms with Crippen molar-refractivity contribution in [2.75, 3.05) is 5.32 Å². The molecule has 0 aliphatic heterocycles. The van der Waals surface area contributed by atoms with E-state index in [-0.39, 0.29) is 16.6 Å². The Kier molecular flexibility index (Phi) is 4.68. The van der Waals surface area contributed by atoms with Crippen LogP contribution in [0.3, 0.4) is 0 Å². The van der Waals surface area contributed by atoms with Gasteiger partial charge in [0.1, 0.15) is 6.04 Å². The average Bonchev–Trinajstić information content (AvgIpc) is 2.24.